The SMILES string of the molecule is O=C(NCc1cccc2cccnc12)NCC(O)C(=O)O. The average Bonchev–Trinajstić information content (AvgIpc) is 2.50. The van der Waals surface area contributed by atoms with Crippen molar-refractivity contribution >= 4 is 22.9 Å². The number of fused-ring (bicyclic) bond motifs is 1. The predicted octanol–water partition coefficient (Wildman–Crippen LogP) is 0.480. The maximum atomic E-state index is 11.5. The number of nitrogens with zero attached hydrogens (tertiary/aromatic N) is 1. The van der Waals surface area contributed by atoms with Gasteiger partial charge in [0.05, 0.1) is 12.1 Å². The van der Waals surface area contributed by atoms with Gasteiger partial charge in [-0.25, -0.2) is 9.59 Å². The standard InChI is InChI=1S/C14H15N3O4/c18-11(13(19)20)8-17-14(21)16-7-10-4-1-3-9-5-2-6-15-12(9)10/h1-6,11,18H,7-8H2,(H,19,20)(H2,16,17,21). The Morgan fingerprint density at radius 1 is 1.19 bits per heavy atom. The first-order valence-corrected chi connectivity index (χ1v) is 6.33. The number of carboxylic acids is 1. The number of aliphatic carboxylic acids is 1. The molecule has 0 saturated carbocycles. The van der Waals surface area contributed by atoms with E-state index in [4.69, 9.17) is 10.2 Å². The summed E-state index contributed by atoms with van der Waals surface area (Å²) in [6.45, 7) is -0.0989. The number of para-hydroxylation sites is 1. The van der Waals surface area contributed by atoms with Gasteiger partial charge in [0.2, 0.25) is 0 Å². The van der Waals surface area contributed by atoms with E-state index in [2.05, 4.69) is 15.6 Å². The molecule has 0 aliphatic carbocycles. The van der Waals surface area contributed by atoms with E-state index in [0.29, 0.717) is 0 Å². The first-order valence-electron chi connectivity index (χ1n) is 6.33. The summed E-state index contributed by atoms with van der Waals surface area (Å²) < 4.78 is 0. The van der Waals surface area contributed by atoms with Crippen molar-refractivity contribution in [2.45, 2.75) is 12.6 Å². The van der Waals surface area contributed by atoms with E-state index in [-0.39, 0.29) is 13.1 Å². The molecule has 1 unspecified atom stereocenters. The van der Waals surface area contributed by atoms with Crippen molar-refractivity contribution in [1.29, 1.82) is 0 Å². The fourth-order valence-corrected chi connectivity index (χ4v) is 1.82. The minimum Gasteiger partial charge on any atom is -0.479 e. The van der Waals surface area contributed by atoms with Crippen LogP contribution in [0.2, 0.25) is 0 Å². The molecule has 1 aromatic heterocycles. The Morgan fingerprint density at radius 3 is 2.71 bits per heavy atom. The highest BCUT2D eigenvalue weighted by molar-refractivity contribution is 5.82. The monoisotopic (exact) mass is 289 g/mol. The summed E-state index contributed by atoms with van der Waals surface area (Å²) in [4.78, 5) is 26.2. The molecule has 0 aliphatic rings. The largest absolute Gasteiger partial charge is 0.479 e. The Labute approximate surface area is 120 Å². The normalized spacial score (nSPS) is 11.9. The number of hydrogen-bond donors (Lipinski definition) is 4. The quantitative estimate of drug-likeness (QED) is 0.639. The summed E-state index contributed by atoms with van der Waals surface area (Å²) >= 11 is 0. The maximum Gasteiger partial charge on any atom is 0.334 e. The summed E-state index contributed by atoms with van der Waals surface area (Å²) in [5.74, 6) is -1.38. The number of aromatic nitrogens is 1. The van der Waals surface area contributed by atoms with Gasteiger partial charge in [-0.3, -0.25) is 4.98 Å². The van der Waals surface area contributed by atoms with Gasteiger partial charge in [-0.15, -0.1) is 0 Å². The van der Waals surface area contributed by atoms with E-state index in [0.717, 1.165) is 16.5 Å². The summed E-state index contributed by atoms with van der Waals surface area (Å²) in [6.07, 6.45) is 0.0599. The number of carboxylic acid groups (broad SMARTS) is 1. The minimum atomic E-state index is -1.62. The average molecular weight is 289 g/mol. The molecule has 0 radical (unpaired) electrons. The van der Waals surface area contributed by atoms with E-state index in [9.17, 15) is 9.59 Å². The van der Waals surface area contributed by atoms with Gasteiger partial charge < -0.3 is 20.8 Å². The molecular weight excluding hydrogens is 274 g/mol. The van der Waals surface area contributed by atoms with Crippen LogP contribution in [-0.4, -0.2) is 39.8 Å². The van der Waals surface area contributed by atoms with Gasteiger partial charge in [0, 0.05) is 18.1 Å². The van der Waals surface area contributed by atoms with Crippen LogP contribution in [0.25, 0.3) is 10.9 Å². The highest BCUT2D eigenvalue weighted by Gasteiger charge is 2.13. The Morgan fingerprint density at radius 2 is 1.95 bits per heavy atom. The Hall–Kier alpha value is -2.67. The predicted molar refractivity (Wildman–Crippen MR) is 75.6 cm³/mol. The number of hydrogen-bond acceptors (Lipinski definition) is 4. The van der Waals surface area contributed by atoms with E-state index >= 15 is 0 Å². The fourth-order valence-electron chi connectivity index (χ4n) is 1.82. The zero-order valence-corrected chi connectivity index (χ0v) is 11.1. The van der Waals surface area contributed by atoms with Crippen molar-refractivity contribution in [3.63, 3.8) is 0 Å². The number of urea groups is 1. The fraction of sp³-hybridized carbons (Fsp3) is 0.214. The topological polar surface area (TPSA) is 112 Å². The summed E-state index contributed by atoms with van der Waals surface area (Å²) in [5, 5.41) is 23.4. The van der Waals surface area contributed by atoms with Gasteiger partial charge in [-0.05, 0) is 11.6 Å². The number of nitrogens with one attached hydrogen (secondary N) is 2. The van der Waals surface area contributed by atoms with Crippen LogP contribution in [0.1, 0.15) is 5.56 Å². The van der Waals surface area contributed by atoms with Crippen LogP contribution < -0.4 is 10.6 Å². The second-order valence-corrected chi connectivity index (χ2v) is 4.41. The highest BCUT2D eigenvalue weighted by Crippen LogP contribution is 2.15. The Bertz CT molecular complexity index is 654. The molecule has 1 atom stereocenters. The first-order chi connectivity index (χ1) is 10.1. The van der Waals surface area contributed by atoms with Gasteiger partial charge in [-0.1, -0.05) is 24.3 Å². The number of amides is 2. The number of pyridine rings is 1. The van der Waals surface area contributed by atoms with Gasteiger partial charge in [0.25, 0.3) is 0 Å². The molecule has 7 nitrogen and oxygen atoms in total. The molecule has 2 rings (SSSR count). The van der Waals surface area contributed by atoms with Gasteiger partial charge in [-0.2, -0.15) is 0 Å². The van der Waals surface area contributed by atoms with Crippen LogP contribution in [0.5, 0.6) is 0 Å². The lowest BCUT2D eigenvalue weighted by atomic mass is 10.1. The molecule has 2 aromatic rings. The summed E-state index contributed by atoms with van der Waals surface area (Å²) in [5.41, 5.74) is 1.65. The van der Waals surface area contributed by atoms with Crippen molar-refractivity contribution in [2.75, 3.05) is 6.54 Å². The maximum absolute atomic E-state index is 11.5. The van der Waals surface area contributed by atoms with Gasteiger partial charge in [0.1, 0.15) is 0 Å². The lowest BCUT2D eigenvalue weighted by molar-refractivity contribution is -0.146. The van der Waals surface area contributed by atoms with Crippen LogP contribution in [0.15, 0.2) is 36.5 Å². The smallest absolute Gasteiger partial charge is 0.334 e. The van der Waals surface area contributed by atoms with E-state index in [1.165, 1.54) is 0 Å². The number of rotatable bonds is 5. The van der Waals surface area contributed by atoms with E-state index in [1.54, 1.807) is 6.20 Å². The summed E-state index contributed by atoms with van der Waals surface area (Å²) in [7, 11) is 0. The van der Waals surface area contributed by atoms with Crippen LogP contribution in [-0.2, 0) is 11.3 Å². The van der Waals surface area contributed by atoms with Crippen molar-refractivity contribution in [3.8, 4) is 0 Å². The summed E-state index contributed by atoms with van der Waals surface area (Å²) in [6, 6.07) is 8.85. The third kappa shape index (κ3) is 3.90. The second kappa shape index (κ2) is 6.67. The molecule has 1 heterocycles. The molecule has 0 bridgehead atoms. The molecule has 110 valence electrons. The van der Waals surface area contributed by atoms with Crippen molar-refractivity contribution < 1.29 is 19.8 Å². The molecule has 0 spiro atoms. The van der Waals surface area contributed by atoms with Gasteiger partial charge in [0.15, 0.2) is 6.10 Å². The van der Waals surface area contributed by atoms with Crippen molar-refractivity contribution in [2.24, 2.45) is 0 Å². The number of carbonyl (C=O) groups excluding carboxylic acids is 1. The number of carbonyl (C=O) groups is 2. The molecule has 1 aromatic carbocycles. The Kier molecular flexibility index (Phi) is 4.68. The van der Waals surface area contributed by atoms with Crippen LogP contribution in [0, 0.1) is 0 Å². The third-order valence-corrected chi connectivity index (χ3v) is 2.90. The van der Waals surface area contributed by atoms with E-state index < -0.39 is 18.1 Å². The highest BCUT2D eigenvalue weighted by atomic mass is 16.4. The van der Waals surface area contributed by atoms with Gasteiger partial charge >= 0.3 is 12.0 Å². The molecular formula is C14H15N3O4. The lowest BCUT2D eigenvalue weighted by Gasteiger charge is -2.10. The lowest BCUT2D eigenvalue weighted by Crippen LogP contribution is -2.41. The van der Waals surface area contributed by atoms with Crippen molar-refractivity contribution in [1.82, 2.24) is 15.6 Å². The third-order valence-electron chi connectivity index (χ3n) is 2.90. The number of benzene rings is 1. The second-order valence-electron chi connectivity index (χ2n) is 4.41. The first kappa shape index (κ1) is 14.7. The zero-order chi connectivity index (χ0) is 15.2. The molecule has 21 heavy (non-hydrogen) atoms. The van der Waals surface area contributed by atoms with E-state index in [1.807, 2.05) is 30.3 Å². The number of aliphatic hydroxyl groups is 1. The zero-order valence-electron chi connectivity index (χ0n) is 11.1. The molecule has 2 amide bonds. The molecule has 0 fully saturated rings. The molecule has 0 aliphatic heterocycles. The number of aliphatic hydroxyl groups excluding tert-OH is 1. The van der Waals surface area contributed by atoms with Crippen LogP contribution in [0.3, 0.4) is 0 Å². The van der Waals surface area contributed by atoms with Crippen LogP contribution in [0.4, 0.5) is 4.79 Å². The molecule has 7 heteroatoms. The molecule has 0 saturated heterocycles. The Balaban J connectivity index is 1.93. The van der Waals surface area contributed by atoms with Crippen molar-refractivity contribution in [3.05, 3.63) is 42.1 Å². The minimum absolute atomic E-state index is 0.253. The van der Waals surface area contributed by atoms with Crippen LogP contribution >= 0.6 is 0 Å². The molecule has 4 N–H and O–H groups in total.